The molecular weight excluding hydrogens is 202 g/mol. The highest BCUT2D eigenvalue weighted by molar-refractivity contribution is 5.16. The first-order valence-corrected chi connectivity index (χ1v) is 6.05. The second-order valence-electron chi connectivity index (χ2n) is 4.85. The zero-order chi connectivity index (χ0) is 11.8. The number of nitrogens with two attached hydrogens (primary N) is 1. The van der Waals surface area contributed by atoms with Gasteiger partial charge in [0.2, 0.25) is 0 Å². The van der Waals surface area contributed by atoms with E-state index < -0.39 is 6.10 Å². The molecule has 1 aromatic rings. The largest absolute Gasteiger partial charge is 0.386 e. The maximum absolute atomic E-state index is 10.5. The van der Waals surface area contributed by atoms with Gasteiger partial charge >= 0.3 is 0 Å². The van der Waals surface area contributed by atoms with Gasteiger partial charge in [-0.25, -0.2) is 0 Å². The molecule has 0 spiro atoms. The van der Waals surface area contributed by atoms with Crippen molar-refractivity contribution in [1.29, 1.82) is 0 Å². The zero-order valence-corrected chi connectivity index (χ0v) is 10.1. The van der Waals surface area contributed by atoms with Crippen molar-refractivity contribution in [2.45, 2.75) is 45.8 Å². The summed E-state index contributed by atoms with van der Waals surface area (Å²) in [5.41, 5.74) is 7.60. The van der Waals surface area contributed by atoms with Crippen molar-refractivity contribution >= 4 is 0 Å². The number of aryl methyl sites for hydroxylation is 2. The van der Waals surface area contributed by atoms with Crippen LogP contribution in [0, 0.1) is 12.3 Å². The predicted octanol–water partition coefficient (Wildman–Crippen LogP) is 1.37. The normalized spacial score (nSPS) is 20.5. The lowest BCUT2D eigenvalue weighted by Gasteiger charge is -2.44. The van der Waals surface area contributed by atoms with Crippen molar-refractivity contribution in [2.24, 2.45) is 11.1 Å². The maximum Gasteiger partial charge on any atom is 0.102 e. The highest BCUT2D eigenvalue weighted by atomic mass is 16.3. The molecule has 0 aromatic carbocycles. The van der Waals surface area contributed by atoms with Crippen LogP contribution in [-0.2, 0) is 6.54 Å². The van der Waals surface area contributed by atoms with Crippen LogP contribution >= 0.6 is 0 Å². The fourth-order valence-electron chi connectivity index (χ4n) is 2.57. The van der Waals surface area contributed by atoms with Crippen LogP contribution in [0.5, 0.6) is 0 Å². The van der Waals surface area contributed by atoms with Crippen molar-refractivity contribution in [3.63, 3.8) is 0 Å². The Balaban J connectivity index is 2.28. The second kappa shape index (κ2) is 4.18. The lowest BCUT2D eigenvalue weighted by molar-refractivity contribution is -0.0346. The van der Waals surface area contributed by atoms with E-state index in [1.165, 1.54) is 6.42 Å². The van der Waals surface area contributed by atoms with Gasteiger partial charge in [-0.1, -0.05) is 6.42 Å². The Bertz CT molecular complexity index is 363. The number of hydrogen-bond donors (Lipinski definition) is 2. The molecule has 0 unspecified atom stereocenters. The molecule has 1 aliphatic rings. The minimum absolute atomic E-state index is 0.0978. The molecule has 90 valence electrons. The Kier molecular flexibility index (Phi) is 3.04. The van der Waals surface area contributed by atoms with Crippen LogP contribution < -0.4 is 5.73 Å². The third kappa shape index (κ3) is 1.66. The topological polar surface area (TPSA) is 64.1 Å². The van der Waals surface area contributed by atoms with Crippen LogP contribution in [0.2, 0.25) is 0 Å². The van der Waals surface area contributed by atoms with E-state index in [4.69, 9.17) is 5.73 Å². The van der Waals surface area contributed by atoms with Crippen LogP contribution in [-0.4, -0.2) is 21.4 Å². The summed E-state index contributed by atoms with van der Waals surface area (Å²) in [6.07, 6.45) is 2.76. The molecule has 1 aliphatic carbocycles. The van der Waals surface area contributed by atoms with E-state index in [1.54, 1.807) is 0 Å². The van der Waals surface area contributed by atoms with Gasteiger partial charge in [0.1, 0.15) is 6.10 Å². The van der Waals surface area contributed by atoms with Crippen LogP contribution in [0.1, 0.15) is 43.7 Å². The Labute approximate surface area is 96.5 Å². The molecule has 0 radical (unpaired) electrons. The summed E-state index contributed by atoms with van der Waals surface area (Å²) in [4.78, 5) is 0. The predicted molar refractivity (Wildman–Crippen MR) is 62.9 cm³/mol. The van der Waals surface area contributed by atoms with Crippen LogP contribution in [0.4, 0.5) is 0 Å². The number of aliphatic hydroxyl groups is 1. The summed E-state index contributed by atoms with van der Waals surface area (Å²) >= 11 is 0. The van der Waals surface area contributed by atoms with Gasteiger partial charge in [0.05, 0.1) is 11.4 Å². The van der Waals surface area contributed by atoms with Gasteiger partial charge < -0.3 is 10.8 Å². The Morgan fingerprint density at radius 1 is 1.62 bits per heavy atom. The summed E-state index contributed by atoms with van der Waals surface area (Å²) in [5.74, 6) is 0. The third-order valence-electron chi connectivity index (χ3n) is 3.85. The molecule has 4 heteroatoms. The highest BCUT2D eigenvalue weighted by Gasteiger charge is 2.44. The van der Waals surface area contributed by atoms with E-state index in [0.717, 1.165) is 30.8 Å². The summed E-state index contributed by atoms with van der Waals surface area (Å²) < 4.78 is 1.88. The number of aliphatic hydroxyl groups excluding tert-OH is 1. The van der Waals surface area contributed by atoms with Gasteiger partial charge in [0.25, 0.3) is 0 Å². The molecule has 1 saturated carbocycles. The molecule has 2 rings (SSSR count). The van der Waals surface area contributed by atoms with Crippen molar-refractivity contribution in [1.82, 2.24) is 9.78 Å². The van der Waals surface area contributed by atoms with Crippen LogP contribution in [0.15, 0.2) is 6.07 Å². The minimum atomic E-state index is -0.465. The van der Waals surface area contributed by atoms with Crippen LogP contribution in [0.3, 0.4) is 0 Å². The smallest absolute Gasteiger partial charge is 0.102 e. The van der Waals surface area contributed by atoms with E-state index in [2.05, 4.69) is 5.10 Å². The van der Waals surface area contributed by atoms with Crippen molar-refractivity contribution in [2.75, 3.05) is 6.54 Å². The van der Waals surface area contributed by atoms with Crippen molar-refractivity contribution < 1.29 is 5.11 Å². The fourth-order valence-corrected chi connectivity index (χ4v) is 2.57. The molecule has 1 fully saturated rings. The summed E-state index contributed by atoms with van der Waals surface area (Å²) in [6, 6.07) is 1.98. The van der Waals surface area contributed by atoms with Gasteiger partial charge in [0, 0.05) is 18.5 Å². The average Bonchev–Trinajstić information content (AvgIpc) is 2.58. The Morgan fingerprint density at radius 3 is 2.75 bits per heavy atom. The lowest BCUT2D eigenvalue weighted by atomic mass is 9.64. The summed E-state index contributed by atoms with van der Waals surface area (Å²) in [7, 11) is 0. The lowest BCUT2D eigenvalue weighted by Crippen LogP contribution is -2.43. The van der Waals surface area contributed by atoms with Crippen LogP contribution in [0.25, 0.3) is 0 Å². The number of hydrogen-bond acceptors (Lipinski definition) is 3. The standard InChI is InChI=1S/C12H21N3O/c1-3-15-10(7-9(2)14-15)11(16)12(8-13)5-4-6-12/h7,11,16H,3-6,8,13H2,1-2H3/t11-/m0/s1. The molecule has 1 heterocycles. The van der Waals surface area contributed by atoms with Gasteiger partial charge in [-0.3, -0.25) is 4.68 Å². The molecule has 0 saturated heterocycles. The number of nitrogens with zero attached hydrogens (tertiary/aromatic N) is 2. The quantitative estimate of drug-likeness (QED) is 0.810. The Hall–Kier alpha value is -0.870. The van der Waals surface area contributed by atoms with E-state index in [-0.39, 0.29) is 5.41 Å². The van der Waals surface area contributed by atoms with E-state index in [1.807, 2.05) is 24.6 Å². The van der Waals surface area contributed by atoms with Crippen molar-refractivity contribution in [3.05, 3.63) is 17.5 Å². The molecule has 3 N–H and O–H groups in total. The van der Waals surface area contributed by atoms with E-state index in [0.29, 0.717) is 6.54 Å². The third-order valence-corrected chi connectivity index (χ3v) is 3.85. The molecule has 16 heavy (non-hydrogen) atoms. The zero-order valence-electron chi connectivity index (χ0n) is 10.1. The molecule has 1 aromatic heterocycles. The van der Waals surface area contributed by atoms with E-state index >= 15 is 0 Å². The first-order chi connectivity index (χ1) is 7.63. The first kappa shape index (κ1) is 11.6. The molecule has 0 bridgehead atoms. The van der Waals surface area contributed by atoms with Gasteiger partial charge in [-0.2, -0.15) is 5.10 Å². The summed E-state index contributed by atoms with van der Waals surface area (Å²) in [5, 5.41) is 14.8. The minimum Gasteiger partial charge on any atom is -0.386 e. The molecule has 4 nitrogen and oxygen atoms in total. The Morgan fingerprint density at radius 2 is 2.31 bits per heavy atom. The number of rotatable bonds is 4. The highest BCUT2D eigenvalue weighted by Crippen LogP contribution is 2.49. The summed E-state index contributed by atoms with van der Waals surface area (Å²) in [6.45, 7) is 5.35. The molecular formula is C12H21N3O. The van der Waals surface area contributed by atoms with Gasteiger partial charge in [-0.05, 0) is 32.8 Å². The average molecular weight is 223 g/mol. The fraction of sp³-hybridized carbons (Fsp3) is 0.750. The molecule has 0 amide bonds. The second-order valence-corrected chi connectivity index (χ2v) is 4.85. The maximum atomic E-state index is 10.5. The monoisotopic (exact) mass is 223 g/mol. The molecule has 1 atom stereocenters. The van der Waals surface area contributed by atoms with Gasteiger partial charge in [-0.15, -0.1) is 0 Å². The van der Waals surface area contributed by atoms with E-state index in [9.17, 15) is 5.11 Å². The van der Waals surface area contributed by atoms with Gasteiger partial charge in [0.15, 0.2) is 0 Å². The molecule has 0 aliphatic heterocycles. The number of aromatic nitrogens is 2. The first-order valence-electron chi connectivity index (χ1n) is 6.05. The van der Waals surface area contributed by atoms with Crippen molar-refractivity contribution in [3.8, 4) is 0 Å². The SMILES string of the molecule is CCn1nc(C)cc1[C@H](O)C1(CN)CCC1.